The Kier molecular flexibility index (Phi) is 18.4. The third kappa shape index (κ3) is 19.9. The lowest BCUT2D eigenvalue weighted by molar-refractivity contribution is -0.792. The average molecular weight is 484 g/mol. The summed E-state index contributed by atoms with van der Waals surface area (Å²) in [7, 11) is 1.64. The molecular formula is C27H49NO4S. The van der Waals surface area contributed by atoms with Crippen molar-refractivity contribution in [3.05, 3.63) is 30.3 Å². The van der Waals surface area contributed by atoms with Gasteiger partial charge in [0.2, 0.25) is 0 Å². The van der Waals surface area contributed by atoms with E-state index in [0.29, 0.717) is 10.4 Å². The summed E-state index contributed by atoms with van der Waals surface area (Å²) in [5.41, 5.74) is 0. The first-order chi connectivity index (χ1) is 15.6. The van der Waals surface area contributed by atoms with Crippen LogP contribution in [0.15, 0.2) is 35.2 Å². The van der Waals surface area contributed by atoms with E-state index in [1.807, 2.05) is 21.1 Å². The number of nitrogens with zero attached hydrogens (tertiary/aromatic N) is 1. The van der Waals surface area contributed by atoms with E-state index in [9.17, 15) is 17.8 Å². The van der Waals surface area contributed by atoms with Gasteiger partial charge >= 0.3 is 5.91 Å². The highest BCUT2D eigenvalue weighted by molar-refractivity contribution is 7.85. The molecule has 0 heterocycles. The number of benzene rings is 1. The molecule has 1 rings (SSSR count). The molecule has 0 unspecified atom stereocenters. The summed E-state index contributed by atoms with van der Waals surface area (Å²) in [6.07, 6.45) is 21.4. The Morgan fingerprint density at radius 1 is 0.697 bits per heavy atom. The maximum Gasteiger partial charge on any atom is 0.313 e. The fraction of sp³-hybridized carbons (Fsp3) is 0.741. The number of unbranched alkanes of at least 4 members (excludes halogenated alkanes) is 14. The van der Waals surface area contributed by atoms with Gasteiger partial charge in [-0.05, 0) is 18.6 Å². The highest BCUT2D eigenvalue weighted by Crippen LogP contribution is 2.14. The van der Waals surface area contributed by atoms with Crippen molar-refractivity contribution in [1.82, 2.24) is 0 Å². The Hall–Kier alpha value is -1.24. The minimum atomic E-state index is -4.25. The summed E-state index contributed by atoms with van der Waals surface area (Å²) in [5, 5.41) is 0. The van der Waals surface area contributed by atoms with Crippen LogP contribution >= 0.6 is 0 Å². The molecule has 192 valence electrons. The van der Waals surface area contributed by atoms with Crippen LogP contribution < -0.4 is 0 Å². The predicted octanol–water partition coefficient (Wildman–Crippen LogP) is 7.07. The molecule has 0 atom stereocenters. The molecule has 0 fully saturated rings. The van der Waals surface area contributed by atoms with Gasteiger partial charge in [-0.15, -0.1) is 0 Å². The summed E-state index contributed by atoms with van der Waals surface area (Å²) in [4.78, 5) is 11.6. The molecule has 1 aromatic rings. The quantitative estimate of drug-likeness (QED) is 0.135. The van der Waals surface area contributed by atoms with Crippen molar-refractivity contribution < 1.29 is 22.2 Å². The highest BCUT2D eigenvalue weighted by Gasteiger charge is 2.18. The first-order valence-electron chi connectivity index (χ1n) is 12.9. The van der Waals surface area contributed by atoms with Crippen molar-refractivity contribution in [3.8, 4) is 0 Å². The third-order valence-electron chi connectivity index (χ3n) is 5.77. The number of quaternary nitrogens is 1. The van der Waals surface area contributed by atoms with Gasteiger partial charge in [0.1, 0.15) is 10.1 Å². The fourth-order valence-electron chi connectivity index (χ4n) is 3.57. The molecule has 33 heavy (non-hydrogen) atoms. The van der Waals surface area contributed by atoms with Crippen molar-refractivity contribution in [1.29, 1.82) is 0 Å². The van der Waals surface area contributed by atoms with Crippen LogP contribution in [0.25, 0.3) is 0 Å². The number of carbonyl (C=O) groups excluding carboxylic acids is 1. The number of carbonyl (C=O) groups is 1. The second kappa shape index (κ2) is 19.1. The van der Waals surface area contributed by atoms with Crippen molar-refractivity contribution in [2.75, 3.05) is 21.1 Å². The number of rotatable bonds is 17. The van der Waals surface area contributed by atoms with E-state index < -0.39 is 10.1 Å². The number of hydrogen-bond acceptors (Lipinski definition) is 4. The molecule has 0 bridgehead atoms. The van der Waals surface area contributed by atoms with Gasteiger partial charge in [0.05, 0.1) is 32.5 Å². The third-order valence-corrected chi connectivity index (χ3v) is 6.62. The Morgan fingerprint density at radius 2 is 1.06 bits per heavy atom. The minimum absolute atomic E-state index is 0.185. The zero-order chi connectivity index (χ0) is 25.0. The van der Waals surface area contributed by atoms with Gasteiger partial charge in [0, 0.05) is 0 Å². The van der Waals surface area contributed by atoms with Gasteiger partial charge < -0.3 is 4.55 Å². The van der Waals surface area contributed by atoms with Crippen LogP contribution in [0.3, 0.4) is 0 Å². The number of hydrogen-bond donors (Lipinski definition) is 0. The molecule has 0 saturated heterocycles. The van der Waals surface area contributed by atoms with Crippen molar-refractivity contribution in [2.24, 2.45) is 0 Å². The molecule has 1 aromatic carbocycles. The molecule has 0 spiro atoms. The van der Waals surface area contributed by atoms with Crippen LogP contribution in [0.4, 0.5) is 0 Å². The topological polar surface area (TPSA) is 74.3 Å². The van der Waals surface area contributed by atoms with Crippen molar-refractivity contribution >= 4 is 16.0 Å². The summed E-state index contributed by atoms with van der Waals surface area (Å²) < 4.78 is 31.3. The second-order valence-corrected chi connectivity index (χ2v) is 11.3. The molecule has 0 radical (unpaired) electrons. The Labute approximate surface area is 204 Å². The molecule has 0 N–H and O–H groups in total. The largest absolute Gasteiger partial charge is 0.744 e. The molecule has 1 amide bonds. The molecule has 5 nitrogen and oxygen atoms in total. The Bertz CT molecular complexity index is 697. The van der Waals surface area contributed by atoms with Gasteiger partial charge in [0.15, 0.2) is 0 Å². The first-order valence-corrected chi connectivity index (χ1v) is 14.4. The molecule has 6 heteroatoms. The van der Waals surface area contributed by atoms with Crippen molar-refractivity contribution in [2.45, 2.75) is 115 Å². The van der Waals surface area contributed by atoms with Crippen LogP contribution in [-0.2, 0) is 14.9 Å². The maximum atomic E-state index is 11.8. The van der Waals surface area contributed by atoms with Gasteiger partial charge in [0.25, 0.3) is 0 Å². The standard InChI is InChI=1S/C21H44NO.C6H6O3S/c1-5-6-7-8-9-10-11-12-13-14-15-16-17-18-19-20-21(23)22(2,3)4;7-10(8,9)6-4-2-1-3-5-6/h5-20H2,1-4H3;1-5H,(H,7,8,9)/q+1;/p-1. The van der Waals surface area contributed by atoms with E-state index in [1.165, 1.54) is 114 Å². The normalized spacial score (nSPS) is 11.7. The minimum Gasteiger partial charge on any atom is -0.744 e. The Morgan fingerprint density at radius 3 is 1.36 bits per heavy atom. The maximum absolute atomic E-state index is 11.8. The summed E-state index contributed by atoms with van der Waals surface area (Å²) >= 11 is 0. The van der Waals surface area contributed by atoms with E-state index >= 15 is 0 Å². The van der Waals surface area contributed by atoms with E-state index in [4.69, 9.17) is 0 Å². The van der Waals surface area contributed by atoms with Crippen LogP contribution in [0.5, 0.6) is 0 Å². The van der Waals surface area contributed by atoms with E-state index in [2.05, 4.69) is 6.92 Å². The molecule has 0 saturated carbocycles. The fourth-order valence-corrected chi connectivity index (χ4v) is 4.06. The molecule has 0 aromatic heterocycles. The SMILES string of the molecule is CCCCCCCCCCCCCCCCCC(=O)[N+](C)(C)C.O=S(=O)([O-])c1ccccc1. The lowest BCUT2D eigenvalue weighted by atomic mass is 10.0. The molecule has 0 aliphatic heterocycles. The molecular weight excluding hydrogens is 434 g/mol. The van der Waals surface area contributed by atoms with E-state index in [1.54, 1.807) is 6.07 Å². The van der Waals surface area contributed by atoms with Gasteiger partial charge in [-0.25, -0.2) is 13.2 Å². The molecule has 0 aliphatic rings. The smallest absolute Gasteiger partial charge is 0.313 e. The van der Waals surface area contributed by atoms with Gasteiger partial charge in [-0.3, -0.25) is 4.48 Å². The predicted molar refractivity (Wildman–Crippen MR) is 137 cm³/mol. The summed E-state index contributed by atoms with van der Waals surface area (Å²) in [5.74, 6) is 0.361. The number of amides is 1. The van der Waals surface area contributed by atoms with Crippen molar-refractivity contribution in [3.63, 3.8) is 0 Å². The van der Waals surface area contributed by atoms with Crippen LogP contribution in [-0.4, -0.2) is 44.5 Å². The van der Waals surface area contributed by atoms with Gasteiger partial charge in [-0.2, -0.15) is 0 Å². The van der Waals surface area contributed by atoms with E-state index in [-0.39, 0.29) is 4.90 Å². The lowest BCUT2D eigenvalue weighted by Crippen LogP contribution is -2.40. The van der Waals surface area contributed by atoms with Crippen LogP contribution in [0.2, 0.25) is 0 Å². The summed E-state index contributed by atoms with van der Waals surface area (Å²) in [6, 6.07) is 7.19. The summed E-state index contributed by atoms with van der Waals surface area (Å²) in [6.45, 7) is 2.28. The lowest BCUT2D eigenvalue weighted by Gasteiger charge is -2.20. The van der Waals surface area contributed by atoms with Gasteiger partial charge in [-0.1, -0.05) is 115 Å². The molecule has 0 aliphatic carbocycles. The first kappa shape index (κ1) is 31.8. The zero-order valence-electron chi connectivity index (χ0n) is 21.7. The van der Waals surface area contributed by atoms with Crippen LogP contribution in [0, 0.1) is 0 Å². The average Bonchev–Trinajstić information content (AvgIpc) is 2.76. The monoisotopic (exact) mass is 483 g/mol. The van der Waals surface area contributed by atoms with Crippen LogP contribution in [0.1, 0.15) is 110 Å². The highest BCUT2D eigenvalue weighted by atomic mass is 32.2. The van der Waals surface area contributed by atoms with E-state index in [0.717, 1.165) is 12.8 Å². The zero-order valence-corrected chi connectivity index (χ0v) is 22.5. The Balaban J connectivity index is 0.000000843. The second-order valence-electron chi connectivity index (χ2n) is 9.87.